The third-order valence-electron chi connectivity index (χ3n) is 4.58. The lowest BCUT2D eigenvalue weighted by Crippen LogP contribution is -2.25. The smallest absolute Gasteiger partial charge is 0.280 e. The van der Waals surface area contributed by atoms with Crippen molar-refractivity contribution in [2.45, 2.75) is 19.5 Å². The van der Waals surface area contributed by atoms with Gasteiger partial charge in [0.15, 0.2) is 0 Å². The minimum atomic E-state index is -2.83. The molecule has 3 rings (SSSR count). The Kier molecular flexibility index (Phi) is 7.83. The van der Waals surface area contributed by atoms with Crippen molar-refractivity contribution in [3.05, 3.63) is 87.7 Å². The van der Waals surface area contributed by atoms with E-state index in [9.17, 15) is 22.8 Å². The Labute approximate surface area is 192 Å². The monoisotopic (exact) mass is 478 g/mol. The largest absolute Gasteiger partial charge is 0.496 e. The second-order valence-electron chi connectivity index (χ2n) is 6.74. The first-order valence-corrected chi connectivity index (χ1v) is 9.94. The van der Waals surface area contributed by atoms with Crippen molar-refractivity contribution in [2.24, 2.45) is 0 Å². The zero-order valence-electron chi connectivity index (χ0n) is 17.2. The van der Waals surface area contributed by atoms with E-state index in [0.717, 1.165) is 12.4 Å². The predicted molar refractivity (Wildman–Crippen MR) is 114 cm³/mol. The maximum atomic E-state index is 14.5. The predicted octanol–water partition coefficient (Wildman–Crippen LogP) is 4.08. The van der Waals surface area contributed by atoms with Gasteiger partial charge in [-0.2, -0.15) is 0 Å². The second-order valence-corrected chi connectivity index (χ2v) is 7.14. The van der Waals surface area contributed by atoms with E-state index in [2.05, 4.69) is 20.6 Å². The molecule has 0 fully saturated rings. The van der Waals surface area contributed by atoms with Gasteiger partial charge in [0, 0.05) is 18.7 Å². The van der Waals surface area contributed by atoms with Crippen LogP contribution in [0.15, 0.2) is 48.8 Å². The lowest BCUT2D eigenvalue weighted by Gasteiger charge is -2.12. The number of alkyl halides is 2. The number of ether oxygens (including phenoxy) is 1. The van der Waals surface area contributed by atoms with Crippen LogP contribution >= 0.6 is 11.6 Å². The lowest BCUT2D eigenvalue weighted by molar-refractivity contribution is 0.0937. The Hall–Kier alpha value is -3.66. The van der Waals surface area contributed by atoms with Crippen LogP contribution in [0.5, 0.6) is 5.75 Å². The van der Waals surface area contributed by atoms with E-state index in [-0.39, 0.29) is 40.7 Å². The van der Waals surface area contributed by atoms with Crippen LogP contribution in [0.4, 0.5) is 13.2 Å². The number of halogens is 4. The first kappa shape index (κ1) is 24.0. The van der Waals surface area contributed by atoms with Crippen molar-refractivity contribution in [3.8, 4) is 5.75 Å². The van der Waals surface area contributed by atoms with Gasteiger partial charge in [0.05, 0.1) is 17.7 Å². The van der Waals surface area contributed by atoms with Crippen LogP contribution < -0.4 is 15.4 Å². The summed E-state index contributed by atoms with van der Waals surface area (Å²) >= 11 is 6.07. The van der Waals surface area contributed by atoms with Crippen LogP contribution in [0.25, 0.3) is 0 Å². The summed E-state index contributed by atoms with van der Waals surface area (Å²) in [4.78, 5) is 31.7. The standard InChI is InChI=1S/C22H18ClF3N4O3/c1-33-18-4-2-3-14(23)19(18)22(32)28-10-13-6-5-12(7-15(13)24)9-27-21(31)17-8-16(20(25)26)29-11-30-17/h2-8,11,20H,9-10H2,1H3,(H,27,31)(H,28,32). The zero-order valence-corrected chi connectivity index (χ0v) is 18.0. The highest BCUT2D eigenvalue weighted by atomic mass is 35.5. The number of methoxy groups -OCH3 is 1. The number of nitrogens with zero attached hydrogens (tertiary/aromatic N) is 2. The van der Waals surface area contributed by atoms with Gasteiger partial charge in [-0.25, -0.2) is 23.1 Å². The Morgan fingerprint density at radius 1 is 1.06 bits per heavy atom. The Bertz CT molecular complexity index is 1180. The number of amides is 2. The molecule has 172 valence electrons. The molecule has 0 aliphatic heterocycles. The van der Waals surface area contributed by atoms with Crippen LogP contribution in [0.3, 0.4) is 0 Å². The van der Waals surface area contributed by atoms with E-state index >= 15 is 0 Å². The number of carbonyl (C=O) groups is 2. The minimum absolute atomic E-state index is 0.0623. The Morgan fingerprint density at radius 3 is 2.52 bits per heavy atom. The molecule has 0 unspecified atom stereocenters. The van der Waals surface area contributed by atoms with E-state index in [0.29, 0.717) is 5.56 Å². The van der Waals surface area contributed by atoms with E-state index < -0.39 is 29.8 Å². The molecule has 7 nitrogen and oxygen atoms in total. The average molecular weight is 479 g/mol. The van der Waals surface area contributed by atoms with Gasteiger partial charge in [0.25, 0.3) is 18.2 Å². The molecule has 3 aromatic rings. The number of rotatable bonds is 8. The van der Waals surface area contributed by atoms with Gasteiger partial charge < -0.3 is 15.4 Å². The highest BCUT2D eigenvalue weighted by Crippen LogP contribution is 2.26. The van der Waals surface area contributed by atoms with E-state index in [1.165, 1.54) is 19.2 Å². The maximum absolute atomic E-state index is 14.5. The molecular weight excluding hydrogens is 461 g/mol. The summed E-state index contributed by atoms with van der Waals surface area (Å²) in [6.45, 7) is -0.170. The third kappa shape index (κ3) is 5.98. The lowest BCUT2D eigenvalue weighted by atomic mass is 10.1. The van der Waals surface area contributed by atoms with Gasteiger partial charge in [-0.3, -0.25) is 9.59 Å². The SMILES string of the molecule is COc1cccc(Cl)c1C(=O)NCc1ccc(CNC(=O)c2cc(C(F)F)ncn2)cc1F. The van der Waals surface area contributed by atoms with Gasteiger partial charge in [-0.1, -0.05) is 29.8 Å². The molecular formula is C22H18ClF3N4O3. The van der Waals surface area contributed by atoms with Crippen LogP contribution in [-0.2, 0) is 13.1 Å². The topological polar surface area (TPSA) is 93.2 Å². The molecule has 33 heavy (non-hydrogen) atoms. The Morgan fingerprint density at radius 2 is 1.82 bits per heavy atom. The molecule has 0 aliphatic rings. The molecule has 0 saturated carbocycles. The van der Waals surface area contributed by atoms with Gasteiger partial charge in [-0.05, 0) is 29.8 Å². The molecule has 0 spiro atoms. The number of benzene rings is 2. The minimum Gasteiger partial charge on any atom is -0.496 e. The molecule has 0 radical (unpaired) electrons. The summed E-state index contributed by atoms with van der Waals surface area (Å²) in [5.41, 5.74) is -0.0214. The molecule has 1 heterocycles. The number of hydrogen-bond donors (Lipinski definition) is 2. The molecule has 0 atom stereocenters. The first-order chi connectivity index (χ1) is 15.8. The summed E-state index contributed by atoms with van der Waals surface area (Å²) < 4.78 is 45.0. The fraction of sp³-hybridized carbons (Fsp3) is 0.182. The summed E-state index contributed by atoms with van der Waals surface area (Å²) in [7, 11) is 1.40. The summed E-state index contributed by atoms with van der Waals surface area (Å²) in [5.74, 6) is -1.54. The normalized spacial score (nSPS) is 10.7. The van der Waals surface area contributed by atoms with Crippen molar-refractivity contribution < 1.29 is 27.5 Å². The van der Waals surface area contributed by atoms with E-state index in [4.69, 9.17) is 16.3 Å². The van der Waals surface area contributed by atoms with Gasteiger partial charge in [0.1, 0.15) is 29.3 Å². The molecule has 11 heteroatoms. The fourth-order valence-electron chi connectivity index (χ4n) is 2.89. The van der Waals surface area contributed by atoms with Crippen LogP contribution in [0.2, 0.25) is 5.02 Å². The highest BCUT2D eigenvalue weighted by Gasteiger charge is 2.17. The average Bonchev–Trinajstić information content (AvgIpc) is 2.81. The van der Waals surface area contributed by atoms with Gasteiger partial charge in [-0.15, -0.1) is 0 Å². The number of aromatic nitrogens is 2. The molecule has 1 aromatic heterocycles. The van der Waals surface area contributed by atoms with Gasteiger partial charge in [0.2, 0.25) is 0 Å². The molecule has 0 bridgehead atoms. The van der Waals surface area contributed by atoms with Crippen LogP contribution in [0, 0.1) is 5.82 Å². The third-order valence-corrected chi connectivity index (χ3v) is 4.89. The number of carbonyl (C=O) groups excluding carboxylic acids is 2. The molecule has 2 N–H and O–H groups in total. The van der Waals surface area contributed by atoms with Crippen molar-refractivity contribution in [3.63, 3.8) is 0 Å². The Balaban J connectivity index is 1.61. The van der Waals surface area contributed by atoms with Crippen molar-refractivity contribution in [1.29, 1.82) is 0 Å². The summed E-state index contributed by atoms with van der Waals surface area (Å²) in [6.07, 6.45) is -1.96. The molecule has 0 saturated heterocycles. The van der Waals surface area contributed by atoms with Crippen LogP contribution in [-0.4, -0.2) is 28.9 Å². The van der Waals surface area contributed by atoms with Crippen molar-refractivity contribution in [1.82, 2.24) is 20.6 Å². The maximum Gasteiger partial charge on any atom is 0.280 e. The second kappa shape index (κ2) is 10.8. The molecule has 2 aromatic carbocycles. The highest BCUT2D eigenvalue weighted by molar-refractivity contribution is 6.34. The van der Waals surface area contributed by atoms with Gasteiger partial charge >= 0.3 is 0 Å². The van der Waals surface area contributed by atoms with E-state index in [1.54, 1.807) is 24.3 Å². The van der Waals surface area contributed by atoms with Crippen LogP contribution in [0.1, 0.15) is 44.1 Å². The summed E-state index contributed by atoms with van der Waals surface area (Å²) in [5, 5.41) is 5.27. The number of nitrogens with one attached hydrogen (secondary N) is 2. The molecule has 0 aliphatic carbocycles. The molecule has 2 amide bonds. The fourth-order valence-corrected chi connectivity index (χ4v) is 3.14. The van der Waals surface area contributed by atoms with Crippen molar-refractivity contribution >= 4 is 23.4 Å². The first-order valence-electron chi connectivity index (χ1n) is 9.56. The number of hydrogen-bond acceptors (Lipinski definition) is 5. The summed E-state index contributed by atoms with van der Waals surface area (Å²) in [6, 6.07) is 9.87. The van der Waals surface area contributed by atoms with E-state index in [1.807, 2.05) is 0 Å². The van der Waals surface area contributed by atoms with Crippen molar-refractivity contribution in [2.75, 3.05) is 7.11 Å². The quantitative estimate of drug-likeness (QED) is 0.509. The zero-order chi connectivity index (χ0) is 24.0.